The minimum atomic E-state index is 0.129. The first kappa shape index (κ1) is 12.4. The lowest BCUT2D eigenvalue weighted by molar-refractivity contribution is -0.902. The number of likely N-dealkylation sites (tertiary alicyclic amines) is 1. The largest absolute Gasteiger partial charge is 0.327 e. The van der Waals surface area contributed by atoms with Crippen molar-refractivity contribution in [2.45, 2.75) is 64.3 Å². The maximum atomic E-state index is 13.2. The topological polar surface area (TPSA) is 21.5 Å². The summed E-state index contributed by atoms with van der Waals surface area (Å²) in [6.07, 6.45) is 10.7. The van der Waals surface area contributed by atoms with Crippen LogP contribution >= 0.6 is 0 Å². The summed E-state index contributed by atoms with van der Waals surface area (Å²) in [4.78, 5) is 14.7. The molecule has 0 aromatic carbocycles. The SMILES string of the molecule is C[C@@H](C(=O)C12CC3CC(CC(C3)C1)C2)[NH+]1CCCC1. The molecule has 4 aliphatic carbocycles. The van der Waals surface area contributed by atoms with Crippen molar-refractivity contribution in [3.63, 3.8) is 0 Å². The lowest BCUT2D eigenvalue weighted by atomic mass is 9.48. The zero-order valence-electron chi connectivity index (χ0n) is 12.3. The zero-order valence-corrected chi connectivity index (χ0v) is 12.3. The highest BCUT2D eigenvalue weighted by Gasteiger charge is 2.56. The van der Waals surface area contributed by atoms with Crippen molar-refractivity contribution in [2.24, 2.45) is 23.2 Å². The number of rotatable bonds is 3. The van der Waals surface area contributed by atoms with Crippen molar-refractivity contribution in [3.8, 4) is 0 Å². The van der Waals surface area contributed by atoms with Crippen molar-refractivity contribution in [3.05, 3.63) is 0 Å². The lowest BCUT2D eigenvalue weighted by Gasteiger charge is -2.56. The number of ketones is 1. The molecule has 106 valence electrons. The average Bonchev–Trinajstić information content (AvgIpc) is 2.89. The molecule has 4 saturated carbocycles. The molecule has 2 heteroatoms. The molecule has 5 rings (SSSR count). The minimum Gasteiger partial charge on any atom is -0.327 e. The van der Waals surface area contributed by atoms with Crippen molar-refractivity contribution in [1.29, 1.82) is 0 Å². The molecule has 0 radical (unpaired) electrons. The number of hydrogen-bond acceptors (Lipinski definition) is 1. The van der Waals surface area contributed by atoms with Gasteiger partial charge in [-0.05, 0) is 63.2 Å². The van der Waals surface area contributed by atoms with E-state index in [0.717, 1.165) is 17.8 Å². The van der Waals surface area contributed by atoms with Crippen LogP contribution in [0.15, 0.2) is 0 Å². The second kappa shape index (κ2) is 4.31. The van der Waals surface area contributed by atoms with Gasteiger partial charge in [0.2, 0.25) is 0 Å². The highest BCUT2D eigenvalue weighted by molar-refractivity contribution is 5.88. The van der Waals surface area contributed by atoms with Gasteiger partial charge >= 0.3 is 0 Å². The molecule has 5 fully saturated rings. The molecular formula is C17H28NO+. The molecule has 1 aliphatic heterocycles. The third-order valence-corrected chi connectivity index (χ3v) is 6.81. The van der Waals surface area contributed by atoms with Gasteiger partial charge in [0.1, 0.15) is 6.04 Å². The maximum Gasteiger partial charge on any atom is 0.195 e. The summed E-state index contributed by atoms with van der Waals surface area (Å²) in [6.45, 7) is 4.69. The summed E-state index contributed by atoms with van der Waals surface area (Å²) in [5.41, 5.74) is 0.129. The number of Topliss-reactive ketones (excluding diaryl/α,β-unsaturated/α-hetero) is 1. The first-order valence-corrected chi connectivity index (χ1v) is 8.55. The van der Waals surface area contributed by atoms with E-state index in [1.807, 2.05) is 0 Å². The van der Waals surface area contributed by atoms with Gasteiger partial charge in [0.05, 0.1) is 13.1 Å². The van der Waals surface area contributed by atoms with Crippen LogP contribution in [-0.4, -0.2) is 24.9 Å². The Kier molecular flexibility index (Phi) is 2.81. The zero-order chi connectivity index (χ0) is 13.0. The second-order valence-corrected chi connectivity index (χ2v) is 8.15. The highest BCUT2D eigenvalue weighted by Crippen LogP contribution is 2.60. The van der Waals surface area contributed by atoms with Gasteiger partial charge in [-0.15, -0.1) is 0 Å². The first-order valence-electron chi connectivity index (χ1n) is 8.55. The molecule has 1 atom stereocenters. The Labute approximate surface area is 116 Å². The molecule has 2 nitrogen and oxygen atoms in total. The van der Waals surface area contributed by atoms with Crippen molar-refractivity contribution >= 4 is 5.78 Å². The predicted molar refractivity (Wildman–Crippen MR) is 75.0 cm³/mol. The first-order chi connectivity index (χ1) is 9.16. The maximum absolute atomic E-state index is 13.2. The van der Waals surface area contributed by atoms with Gasteiger partial charge in [0.25, 0.3) is 0 Å². The number of quaternary nitrogens is 1. The van der Waals surface area contributed by atoms with E-state index < -0.39 is 0 Å². The Morgan fingerprint density at radius 3 is 1.95 bits per heavy atom. The quantitative estimate of drug-likeness (QED) is 0.823. The second-order valence-electron chi connectivity index (χ2n) is 8.15. The molecule has 0 aromatic heterocycles. The molecule has 0 unspecified atom stereocenters. The fourth-order valence-electron chi connectivity index (χ4n) is 6.32. The van der Waals surface area contributed by atoms with E-state index in [9.17, 15) is 4.79 Å². The van der Waals surface area contributed by atoms with Crippen molar-refractivity contribution < 1.29 is 9.69 Å². The van der Waals surface area contributed by atoms with Crippen LogP contribution in [0.4, 0.5) is 0 Å². The van der Waals surface area contributed by atoms with E-state index in [1.165, 1.54) is 64.5 Å². The fourth-order valence-corrected chi connectivity index (χ4v) is 6.32. The normalized spacial score (nSPS) is 46.7. The van der Waals surface area contributed by atoms with Crippen LogP contribution in [0.5, 0.6) is 0 Å². The van der Waals surface area contributed by atoms with Crippen molar-refractivity contribution in [1.82, 2.24) is 0 Å². The van der Waals surface area contributed by atoms with Gasteiger partial charge in [0, 0.05) is 18.3 Å². The van der Waals surface area contributed by atoms with Gasteiger partial charge in [-0.3, -0.25) is 4.79 Å². The van der Waals surface area contributed by atoms with Crippen LogP contribution in [0.25, 0.3) is 0 Å². The van der Waals surface area contributed by atoms with Crippen LogP contribution in [-0.2, 0) is 4.79 Å². The molecular weight excluding hydrogens is 234 g/mol. The number of nitrogens with one attached hydrogen (secondary N) is 1. The van der Waals surface area contributed by atoms with Gasteiger partial charge in [0.15, 0.2) is 5.78 Å². The Morgan fingerprint density at radius 2 is 1.47 bits per heavy atom. The summed E-state index contributed by atoms with van der Waals surface area (Å²) in [7, 11) is 0. The van der Waals surface area contributed by atoms with Gasteiger partial charge in [-0.2, -0.15) is 0 Å². The van der Waals surface area contributed by atoms with E-state index in [2.05, 4.69) is 6.92 Å². The Balaban J connectivity index is 1.55. The van der Waals surface area contributed by atoms with Crippen LogP contribution in [0.1, 0.15) is 58.3 Å². The monoisotopic (exact) mass is 262 g/mol. The lowest BCUT2D eigenvalue weighted by Crippen LogP contribution is -3.14. The molecule has 1 saturated heterocycles. The summed E-state index contributed by atoms with van der Waals surface area (Å²) < 4.78 is 0. The molecule has 1 heterocycles. The molecule has 0 aromatic rings. The van der Waals surface area contributed by atoms with Crippen molar-refractivity contribution in [2.75, 3.05) is 13.1 Å². The molecule has 0 spiro atoms. The Morgan fingerprint density at radius 1 is 1.00 bits per heavy atom. The summed E-state index contributed by atoms with van der Waals surface area (Å²) in [6, 6.07) is 0.277. The number of carbonyl (C=O) groups excluding carboxylic acids is 1. The molecule has 19 heavy (non-hydrogen) atoms. The summed E-state index contributed by atoms with van der Waals surface area (Å²) in [5, 5.41) is 0. The van der Waals surface area contributed by atoms with E-state index in [0.29, 0.717) is 5.78 Å². The molecule has 4 bridgehead atoms. The third kappa shape index (κ3) is 1.90. The number of carbonyl (C=O) groups is 1. The highest BCUT2D eigenvalue weighted by atomic mass is 16.1. The van der Waals surface area contributed by atoms with E-state index in [1.54, 1.807) is 4.90 Å². The number of hydrogen-bond donors (Lipinski definition) is 1. The smallest absolute Gasteiger partial charge is 0.195 e. The van der Waals surface area contributed by atoms with Gasteiger partial charge in [-0.1, -0.05) is 0 Å². The van der Waals surface area contributed by atoms with Gasteiger partial charge < -0.3 is 4.90 Å². The van der Waals surface area contributed by atoms with Crippen LogP contribution in [0.2, 0.25) is 0 Å². The van der Waals surface area contributed by atoms with Gasteiger partial charge in [-0.25, -0.2) is 0 Å². The summed E-state index contributed by atoms with van der Waals surface area (Å²) >= 11 is 0. The van der Waals surface area contributed by atoms with Crippen LogP contribution in [0.3, 0.4) is 0 Å². The average molecular weight is 262 g/mol. The van der Waals surface area contributed by atoms with Crippen LogP contribution in [0, 0.1) is 23.2 Å². The fraction of sp³-hybridized carbons (Fsp3) is 0.941. The molecule has 5 aliphatic rings. The predicted octanol–water partition coefficient (Wildman–Crippen LogP) is 1.84. The standard InChI is InChI=1S/C17H27NO/c1-12(18-4-2-3-5-18)16(19)17-9-13-6-14(10-17)8-15(7-13)11-17/h12-15H,2-11H2,1H3/p+1/t12-,13?,14?,15?,17?/m0/s1. The van der Waals surface area contributed by atoms with E-state index in [4.69, 9.17) is 0 Å². The third-order valence-electron chi connectivity index (χ3n) is 6.81. The van der Waals surface area contributed by atoms with Crippen LogP contribution < -0.4 is 4.90 Å². The Bertz CT molecular complexity index is 347. The molecule has 1 N–H and O–H groups in total. The minimum absolute atomic E-state index is 0.129. The molecule has 0 amide bonds. The van der Waals surface area contributed by atoms with E-state index >= 15 is 0 Å². The van der Waals surface area contributed by atoms with E-state index in [-0.39, 0.29) is 11.5 Å². The summed E-state index contributed by atoms with van der Waals surface area (Å²) in [5.74, 6) is 3.35. The Hall–Kier alpha value is -0.370.